The van der Waals surface area contributed by atoms with Crippen molar-refractivity contribution in [2.45, 2.75) is 18.4 Å². The fraction of sp³-hybridized carbons (Fsp3) is 0.400. The predicted molar refractivity (Wildman–Crippen MR) is 52.6 cm³/mol. The summed E-state index contributed by atoms with van der Waals surface area (Å²) in [5.74, 6) is 0. The van der Waals surface area contributed by atoms with Gasteiger partial charge in [0.25, 0.3) is 0 Å². The molecule has 2 rings (SSSR count). The third-order valence-corrected chi connectivity index (χ3v) is 2.80. The molecule has 1 saturated carbocycles. The van der Waals surface area contributed by atoms with Crippen molar-refractivity contribution in [3.8, 4) is 0 Å². The second kappa shape index (κ2) is 3.33. The first kappa shape index (κ1) is 9.62. The van der Waals surface area contributed by atoms with Gasteiger partial charge in [-0.1, -0.05) is 17.7 Å². The van der Waals surface area contributed by atoms with E-state index in [1.807, 2.05) is 6.07 Å². The Kier molecular flexibility index (Phi) is 2.29. The largest absolute Gasteiger partial charge is 0.373 e. The summed E-state index contributed by atoms with van der Waals surface area (Å²) in [4.78, 5) is 14.8. The van der Waals surface area contributed by atoms with Gasteiger partial charge >= 0.3 is 0 Å². The molecule has 0 radical (unpaired) electrons. The van der Waals surface area contributed by atoms with Crippen LogP contribution in [0.3, 0.4) is 0 Å². The molecule has 0 unspecified atom stereocenters. The molecule has 1 heterocycles. The third kappa shape index (κ3) is 1.42. The van der Waals surface area contributed by atoms with Crippen molar-refractivity contribution >= 4 is 17.9 Å². The molecule has 0 saturated heterocycles. The number of carbonyl (C=O) groups excluding carboxylic acids is 1. The van der Waals surface area contributed by atoms with Crippen LogP contribution in [0, 0.1) is 0 Å². The van der Waals surface area contributed by atoms with Gasteiger partial charge in [-0.3, -0.25) is 4.79 Å². The van der Waals surface area contributed by atoms with Crippen molar-refractivity contribution < 1.29 is 9.53 Å². The van der Waals surface area contributed by atoms with E-state index in [9.17, 15) is 4.79 Å². The molecule has 0 aliphatic heterocycles. The van der Waals surface area contributed by atoms with Gasteiger partial charge in [0.15, 0.2) is 6.29 Å². The molecule has 4 heteroatoms. The van der Waals surface area contributed by atoms with E-state index in [1.54, 1.807) is 13.2 Å². The van der Waals surface area contributed by atoms with Crippen LogP contribution in [0.15, 0.2) is 12.1 Å². The minimum atomic E-state index is -0.284. The number of aromatic nitrogens is 1. The summed E-state index contributed by atoms with van der Waals surface area (Å²) in [6.07, 6.45) is 2.60. The number of hydrogen-bond acceptors (Lipinski definition) is 3. The van der Waals surface area contributed by atoms with Crippen LogP contribution < -0.4 is 0 Å². The topological polar surface area (TPSA) is 39.2 Å². The van der Waals surface area contributed by atoms with Crippen LogP contribution in [-0.2, 0) is 10.3 Å². The Labute approximate surface area is 87.0 Å². The van der Waals surface area contributed by atoms with Gasteiger partial charge in [0, 0.05) is 12.7 Å². The van der Waals surface area contributed by atoms with Gasteiger partial charge in [-0.2, -0.15) is 0 Å². The van der Waals surface area contributed by atoms with E-state index < -0.39 is 0 Å². The van der Waals surface area contributed by atoms with Crippen molar-refractivity contribution in [2.75, 3.05) is 7.11 Å². The van der Waals surface area contributed by atoms with Crippen LogP contribution >= 0.6 is 11.6 Å². The molecule has 0 amide bonds. The van der Waals surface area contributed by atoms with E-state index in [4.69, 9.17) is 16.3 Å². The first-order valence-electron chi connectivity index (χ1n) is 4.39. The molecule has 0 atom stereocenters. The fourth-order valence-corrected chi connectivity index (χ4v) is 1.78. The number of hydrogen-bond donors (Lipinski definition) is 0. The summed E-state index contributed by atoms with van der Waals surface area (Å²) in [5, 5.41) is 0.336. The molecule has 1 aliphatic rings. The Morgan fingerprint density at radius 1 is 1.57 bits per heavy atom. The third-order valence-electron chi connectivity index (χ3n) is 2.59. The van der Waals surface area contributed by atoms with E-state index in [1.165, 1.54) is 0 Å². The summed E-state index contributed by atoms with van der Waals surface area (Å²) in [5.41, 5.74) is 0.949. The van der Waals surface area contributed by atoms with E-state index in [-0.39, 0.29) is 5.60 Å². The lowest BCUT2D eigenvalue weighted by atomic mass is 10.1. The lowest BCUT2D eigenvalue weighted by molar-refractivity contribution is 0.0771. The number of aldehydes is 1. The van der Waals surface area contributed by atoms with Crippen LogP contribution in [-0.4, -0.2) is 18.4 Å². The smallest absolute Gasteiger partial charge is 0.168 e. The van der Waals surface area contributed by atoms with E-state index >= 15 is 0 Å². The van der Waals surface area contributed by atoms with Gasteiger partial charge in [-0.15, -0.1) is 0 Å². The van der Waals surface area contributed by atoms with E-state index in [0.717, 1.165) is 24.7 Å². The lowest BCUT2D eigenvalue weighted by Crippen LogP contribution is -2.13. The van der Waals surface area contributed by atoms with Crippen molar-refractivity contribution in [1.29, 1.82) is 0 Å². The molecule has 74 valence electrons. The maximum absolute atomic E-state index is 10.8. The number of carbonyl (C=O) groups is 1. The monoisotopic (exact) mass is 211 g/mol. The van der Waals surface area contributed by atoms with Crippen LogP contribution in [0.1, 0.15) is 28.9 Å². The predicted octanol–water partition coefficient (Wildman–Crippen LogP) is 2.18. The zero-order valence-corrected chi connectivity index (χ0v) is 8.54. The highest BCUT2D eigenvalue weighted by Gasteiger charge is 2.46. The summed E-state index contributed by atoms with van der Waals surface area (Å²) >= 11 is 5.70. The van der Waals surface area contributed by atoms with Crippen molar-refractivity contribution in [2.24, 2.45) is 0 Å². The van der Waals surface area contributed by atoms with Gasteiger partial charge in [-0.25, -0.2) is 4.98 Å². The molecule has 1 fully saturated rings. The number of rotatable bonds is 3. The molecule has 1 aromatic rings. The second-order valence-electron chi connectivity index (χ2n) is 3.38. The molecule has 1 aliphatic carbocycles. The minimum absolute atomic E-state index is 0.284. The van der Waals surface area contributed by atoms with E-state index in [2.05, 4.69) is 4.98 Å². The maximum Gasteiger partial charge on any atom is 0.168 e. The molecule has 0 N–H and O–H groups in total. The zero-order chi connectivity index (χ0) is 10.2. The van der Waals surface area contributed by atoms with Gasteiger partial charge in [0.2, 0.25) is 0 Å². The Hall–Kier alpha value is -0.930. The molecule has 0 spiro atoms. The quantitative estimate of drug-likeness (QED) is 0.568. The number of ether oxygens (including phenoxy) is 1. The SMILES string of the molecule is COC1(c2ccc(Cl)nc2C=O)CC1. The summed E-state index contributed by atoms with van der Waals surface area (Å²) < 4.78 is 5.38. The number of nitrogens with zero attached hydrogens (tertiary/aromatic N) is 1. The summed E-state index contributed by atoms with van der Waals surface area (Å²) in [6, 6.07) is 3.50. The number of halogens is 1. The fourth-order valence-electron chi connectivity index (χ4n) is 1.62. The highest BCUT2D eigenvalue weighted by molar-refractivity contribution is 6.29. The van der Waals surface area contributed by atoms with Crippen molar-refractivity contribution in [1.82, 2.24) is 4.98 Å². The molecule has 14 heavy (non-hydrogen) atoms. The zero-order valence-electron chi connectivity index (χ0n) is 7.79. The second-order valence-corrected chi connectivity index (χ2v) is 3.77. The van der Waals surface area contributed by atoms with Gasteiger partial charge < -0.3 is 4.74 Å². The molecular formula is C10H10ClNO2. The molecule has 0 bridgehead atoms. The Morgan fingerprint density at radius 2 is 2.29 bits per heavy atom. The van der Waals surface area contributed by atoms with Crippen LogP contribution in [0.5, 0.6) is 0 Å². The van der Waals surface area contributed by atoms with E-state index in [0.29, 0.717) is 10.8 Å². The maximum atomic E-state index is 10.8. The van der Waals surface area contributed by atoms with Crippen LogP contribution in [0.4, 0.5) is 0 Å². The summed E-state index contributed by atoms with van der Waals surface area (Å²) in [7, 11) is 1.65. The summed E-state index contributed by atoms with van der Waals surface area (Å²) in [6.45, 7) is 0. The highest BCUT2D eigenvalue weighted by Crippen LogP contribution is 2.49. The first-order valence-corrected chi connectivity index (χ1v) is 4.77. The normalized spacial score (nSPS) is 17.9. The standard InChI is InChI=1S/C10H10ClNO2/c1-14-10(4-5-10)7-2-3-9(11)12-8(7)6-13/h2-3,6H,4-5H2,1H3. The van der Waals surface area contributed by atoms with Crippen LogP contribution in [0.25, 0.3) is 0 Å². The molecular weight excluding hydrogens is 202 g/mol. The number of methoxy groups -OCH3 is 1. The Balaban J connectivity index is 2.47. The minimum Gasteiger partial charge on any atom is -0.373 e. The molecule has 0 aromatic carbocycles. The highest BCUT2D eigenvalue weighted by atomic mass is 35.5. The van der Waals surface area contributed by atoms with Crippen molar-refractivity contribution in [3.05, 3.63) is 28.5 Å². The van der Waals surface area contributed by atoms with Gasteiger partial charge in [0.1, 0.15) is 10.8 Å². The average molecular weight is 212 g/mol. The first-order chi connectivity index (χ1) is 6.72. The van der Waals surface area contributed by atoms with Crippen molar-refractivity contribution in [3.63, 3.8) is 0 Å². The Bertz CT molecular complexity index is 374. The molecule has 3 nitrogen and oxygen atoms in total. The average Bonchev–Trinajstić information content (AvgIpc) is 2.98. The number of pyridine rings is 1. The van der Waals surface area contributed by atoms with Crippen LogP contribution in [0.2, 0.25) is 5.15 Å². The lowest BCUT2D eigenvalue weighted by Gasteiger charge is -2.14. The van der Waals surface area contributed by atoms with Gasteiger partial charge in [-0.05, 0) is 18.9 Å². The Morgan fingerprint density at radius 3 is 2.79 bits per heavy atom. The van der Waals surface area contributed by atoms with Gasteiger partial charge in [0.05, 0.1) is 5.60 Å². The molecule has 1 aromatic heterocycles.